The lowest BCUT2D eigenvalue weighted by Gasteiger charge is -2.07. The minimum Gasteiger partial charge on any atom is -0.380 e. The van der Waals surface area contributed by atoms with E-state index < -0.39 is 0 Å². The lowest BCUT2D eigenvalue weighted by atomic mass is 10.1. The molecule has 0 atom stereocenters. The molecule has 2 N–H and O–H groups in total. The summed E-state index contributed by atoms with van der Waals surface area (Å²) in [6.45, 7) is 5.31. The highest BCUT2D eigenvalue weighted by molar-refractivity contribution is 5.83. The molecule has 0 unspecified atom stereocenters. The van der Waals surface area contributed by atoms with Gasteiger partial charge in [0.1, 0.15) is 0 Å². The van der Waals surface area contributed by atoms with Gasteiger partial charge < -0.3 is 15.0 Å². The van der Waals surface area contributed by atoms with E-state index in [9.17, 15) is 0 Å². The van der Waals surface area contributed by atoms with Gasteiger partial charge in [-0.1, -0.05) is 25.5 Å². The highest BCUT2D eigenvalue weighted by atomic mass is 16.5. The van der Waals surface area contributed by atoms with Gasteiger partial charge in [0.05, 0.1) is 6.61 Å². The van der Waals surface area contributed by atoms with E-state index >= 15 is 0 Å². The normalized spacial score (nSPS) is 11.2. The zero-order valence-electron chi connectivity index (χ0n) is 11.1. The third kappa shape index (κ3) is 2.92. The number of benzene rings is 1. The molecule has 2 rings (SSSR count). The molecule has 0 aliphatic rings. The second kappa shape index (κ2) is 6.57. The maximum atomic E-state index is 5.75. The molecule has 1 aromatic heterocycles. The fourth-order valence-corrected chi connectivity index (χ4v) is 2.17. The van der Waals surface area contributed by atoms with Gasteiger partial charge >= 0.3 is 0 Å². The van der Waals surface area contributed by atoms with Crippen LogP contribution in [0.4, 0.5) is 0 Å². The number of nitrogens with zero attached hydrogens (tertiary/aromatic N) is 1. The number of fused-ring (bicyclic) bond motifs is 1. The summed E-state index contributed by atoms with van der Waals surface area (Å²) in [6, 6.07) is 8.44. The van der Waals surface area contributed by atoms with Crippen LogP contribution >= 0.6 is 0 Å². The molecule has 0 aliphatic carbocycles. The Morgan fingerprint density at radius 1 is 1.22 bits per heavy atom. The van der Waals surface area contributed by atoms with Crippen molar-refractivity contribution in [2.24, 2.45) is 5.73 Å². The van der Waals surface area contributed by atoms with Gasteiger partial charge in [0, 0.05) is 36.8 Å². The second-order valence-electron chi connectivity index (χ2n) is 4.53. The third-order valence-electron chi connectivity index (χ3n) is 3.24. The number of nitrogens with two attached hydrogens (primary N) is 1. The van der Waals surface area contributed by atoms with Crippen molar-refractivity contribution in [3.63, 3.8) is 0 Å². The zero-order chi connectivity index (χ0) is 12.8. The summed E-state index contributed by atoms with van der Waals surface area (Å²) >= 11 is 0. The first-order chi connectivity index (χ1) is 8.86. The van der Waals surface area contributed by atoms with E-state index in [1.807, 2.05) is 0 Å². The van der Waals surface area contributed by atoms with Crippen molar-refractivity contribution in [2.75, 3.05) is 13.2 Å². The lowest BCUT2D eigenvalue weighted by molar-refractivity contribution is 0.124. The van der Waals surface area contributed by atoms with E-state index in [4.69, 9.17) is 10.5 Å². The number of hydrogen-bond donors (Lipinski definition) is 1. The quantitative estimate of drug-likeness (QED) is 0.763. The molecule has 0 aliphatic heterocycles. The summed E-state index contributed by atoms with van der Waals surface area (Å²) in [4.78, 5) is 0. The predicted molar refractivity (Wildman–Crippen MR) is 75.6 cm³/mol. The summed E-state index contributed by atoms with van der Waals surface area (Å²) in [5, 5.41) is 1.26. The molecule has 18 heavy (non-hydrogen) atoms. The average Bonchev–Trinajstić information content (AvgIpc) is 2.82. The molecule has 0 saturated heterocycles. The van der Waals surface area contributed by atoms with Gasteiger partial charge in [0.15, 0.2) is 0 Å². The van der Waals surface area contributed by atoms with Crippen molar-refractivity contribution < 1.29 is 4.74 Å². The molecule has 2 aromatic rings. The van der Waals surface area contributed by atoms with E-state index in [0.717, 1.165) is 26.2 Å². The van der Waals surface area contributed by atoms with Crippen LogP contribution < -0.4 is 5.73 Å². The fraction of sp³-hybridized carbons (Fsp3) is 0.467. The Kier molecular flexibility index (Phi) is 4.79. The van der Waals surface area contributed by atoms with E-state index in [1.165, 1.54) is 22.9 Å². The summed E-state index contributed by atoms with van der Waals surface area (Å²) in [7, 11) is 0. The Bertz CT molecular complexity index is 490. The van der Waals surface area contributed by atoms with E-state index in [2.05, 4.69) is 42.0 Å². The van der Waals surface area contributed by atoms with Crippen molar-refractivity contribution >= 4 is 10.9 Å². The number of aromatic nitrogens is 1. The molecule has 0 radical (unpaired) electrons. The summed E-state index contributed by atoms with van der Waals surface area (Å²) in [5.74, 6) is 0. The van der Waals surface area contributed by atoms with E-state index in [1.54, 1.807) is 0 Å². The van der Waals surface area contributed by atoms with Crippen molar-refractivity contribution in [1.29, 1.82) is 0 Å². The Balaban J connectivity index is 2.01. The van der Waals surface area contributed by atoms with Crippen LogP contribution in [-0.4, -0.2) is 17.8 Å². The molecule has 98 valence electrons. The van der Waals surface area contributed by atoms with Gasteiger partial charge in [-0.05, 0) is 24.1 Å². The fourth-order valence-electron chi connectivity index (χ4n) is 2.17. The molecule has 1 aromatic carbocycles. The number of ether oxygens (including phenoxy) is 1. The van der Waals surface area contributed by atoms with Crippen LogP contribution in [-0.2, 0) is 17.8 Å². The number of unbranched alkanes of at least 4 members (excludes halogenated alkanes) is 1. The smallest absolute Gasteiger partial charge is 0.0645 e. The van der Waals surface area contributed by atoms with Crippen LogP contribution in [0.1, 0.15) is 25.3 Å². The average molecular weight is 246 g/mol. The lowest BCUT2D eigenvalue weighted by Crippen LogP contribution is -2.06. The van der Waals surface area contributed by atoms with Crippen LogP contribution in [0.25, 0.3) is 10.9 Å². The second-order valence-corrected chi connectivity index (χ2v) is 4.53. The molecule has 0 amide bonds. The molecular weight excluding hydrogens is 224 g/mol. The minimum absolute atomic E-state index is 0.592. The largest absolute Gasteiger partial charge is 0.380 e. The zero-order valence-corrected chi connectivity index (χ0v) is 11.1. The van der Waals surface area contributed by atoms with Gasteiger partial charge in [0.2, 0.25) is 0 Å². The van der Waals surface area contributed by atoms with Crippen LogP contribution in [0.5, 0.6) is 0 Å². The first-order valence-electron chi connectivity index (χ1n) is 6.71. The van der Waals surface area contributed by atoms with Crippen LogP contribution in [0, 0.1) is 0 Å². The molecule has 0 spiro atoms. The highest BCUT2D eigenvalue weighted by Gasteiger charge is 2.03. The molecule has 0 fully saturated rings. The van der Waals surface area contributed by atoms with Gasteiger partial charge in [-0.2, -0.15) is 0 Å². The van der Waals surface area contributed by atoms with E-state index in [0.29, 0.717) is 6.54 Å². The van der Waals surface area contributed by atoms with Crippen molar-refractivity contribution in [1.82, 2.24) is 4.57 Å². The van der Waals surface area contributed by atoms with Gasteiger partial charge in [0.25, 0.3) is 0 Å². The maximum absolute atomic E-state index is 5.75. The van der Waals surface area contributed by atoms with Crippen LogP contribution in [0.3, 0.4) is 0 Å². The minimum atomic E-state index is 0.592. The Hall–Kier alpha value is -1.32. The molecular formula is C15H22N2O. The first-order valence-corrected chi connectivity index (χ1v) is 6.71. The third-order valence-corrected chi connectivity index (χ3v) is 3.24. The summed E-state index contributed by atoms with van der Waals surface area (Å²) in [5.41, 5.74) is 8.20. The monoisotopic (exact) mass is 246 g/mol. The predicted octanol–water partition coefficient (Wildman–Crippen LogP) is 2.92. The summed E-state index contributed by atoms with van der Waals surface area (Å²) < 4.78 is 7.84. The topological polar surface area (TPSA) is 40.2 Å². The van der Waals surface area contributed by atoms with Crippen molar-refractivity contribution in [2.45, 2.75) is 32.9 Å². The Morgan fingerprint density at radius 3 is 2.89 bits per heavy atom. The molecule has 3 nitrogen and oxygen atoms in total. The Morgan fingerprint density at radius 2 is 2.11 bits per heavy atom. The molecule has 0 bridgehead atoms. The SMILES string of the molecule is CCCCOCCn1ccc2c(CN)cccc21. The van der Waals surface area contributed by atoms with Gasteiger partial charge in [-0.25, -0.2) is 0 Å². The van der Waals surface area contributed by atoms with E-state index in [-0.39, 0.29) is 0 Å². The summed E-state index contributed by atoms with van der Waals surface area (Å²) in [6.07, 6.45) is 4.45. The van der Waals surface area contributed by atoms with Crippen molar-refractivity contribution in [3.8, 4) is 0 Å². The number of rotatable bonds is 7. The standard InChI is InChI=1S/C15H22N2O/c1-2-3-10-18-11-9-17-8-7-14-13(12-16)5-4-6-15(14)17/h4-8H,2-3,9-12,16H2,1H3. The van der Waals surface area contributed by atoms with Gasteiger partial charge in [-0.15, -0.1) is 0 Å². The molecule has 0 saturated carbocycles. The highest BCUT2D eigenvalue weighted by Crippen LogP contribution is 2.19. The maximum Gasteiger partial charge on any atom is 0.0645 e. The van der Waals surface area contributed by atoms with Gasteiger partial charge in [-0.3, -0.25) is 0 Å². The van der Waals surface area contributed by atoms with Crippen LogP contribution in [0.2, 0.25) is 0 Å². The molecule has 3 heteroatoms. The first kappa shape index (κ1) is 13.1. The van der Waals surface area contributed by atoms with Crippen LogP contribution in [0.15, 0.2) is 30.5 Å². The Labute approximate surface area is 109 Å². The molecule has 1 heterocycles. The number of hydrogen-bond acceptors (Lipinski definition) is 2. The van der Waals surface area contributed by atoms with Crippen molar-refractivity contribution in [3.05, 3.63) is 36.0 Å².